The molecule has 0 aliphatic heterocycles. The molecule has 0 heterocycles. The normalized spacial score (nSPS) is 10.9. The van der Waals surface area contributed by atoms with Gasteiger partial charge in [0.15, 0.2) is 17.5 Å². The van der Waals surface area contributed by atoms with Crippen molar-refractivity contribution in [2.75, 3.05) is 20.2 Å². The maximum atomic E-state index is 13.7. The van der Waals surface area contributed by atoms with Crippen molar-refractivity contribution >= 4 is 29.9 Å². The minimum absolute atomic E-state index is 0. The minimum atomic E-state index is -0.490. The number of aromatic hydroxyl groups is 1. The molecule has 0 aliphatic carbocycles. The summed E-state index contributed by atoms with van der Waals surface area (Å²) in [5.74, 6) is 0.0563. The molecule has 0 radical (unpaired) electrons. The monoisotopic (exact) mass is 491 g/mol. The Balaban J connectivity index is 0.00000364. The van der Waals surface area contributed by atoms with Gasteiger partial charge in [0.1, 0.15) is 11.6 Å². The van der Waals surface area contributed by atoms with E-state index in [0.29, 0.717) is 31.2 Å². The Morgan fingerprint density at radius 3 is 2.63 bits per heavy atom. The molecular formula is C19H24F2IN3O2. The second kappa shape index (κ2) is 11.6. The minimum Gasteiger partial charge on any atom is -0.504 e. The van der Waals surface area contributed by atoms with Gasteiger partial charge >= 0.3 is 0 Å². The summed E-state index contributed by atoms with van der Waals surface area (Å²) in [7, 11) is 1.50. The number of methoxy groups -OCH3 is 1. The lowest BCUT2D eigenvalue weighted by molar-refractivity contribution is 0.373. The molecule has 27 heavy (non-hydrogen) atoms. The van der Waals surface area contributed by atoms with Crippen LogP contribution in [0, 0.1) is 11.6 Å². The first-order chi connectivity index (χ1) is 12.5. The number of rotatable bonds is 7. The van der Waals surface area contributed by atoms with Gasteiger partial charge in [0.25, 0.3) is 0 Å². The fourth-order valence-electron chi connectivity index (χ4n) is 2.37. The topological polar surface area (TPSA) is 65.9 Å². The van der Waals surface area contributed by atoms with Crippen molar-refractivity contribution in [1.29, 1.82) is 0 Å². The lowest BCUT2D eigenvalue weighted by atomic mass is 10.1. The fraction of sp³-hybridized carbons (Fsp3) is 0.316. The number of nitrogens with zero attached hydrogens (tertiary/aromatic N) is 1. The number of hydrogen-bond acceptors (Lipinski definition) is 3. The van der Waals surface area contributed by atoms with Gasteiger partial charge in [-0.25, -0.2) is 13.8 Å². The standard InChI is InChI=1S/C19H23F2N3O2.HI/c1-3-22-19(24-12-14-11-15(20)5-6-16(14)21)23-9-8-13-4-7-17(25)18(10-13)26-2;/h4-7,10-11,25H,3,8-9,12H2,1-2H3,(H2,22,23,24);1H. The predicted octanol–water partition coefficient (Wildman–Crippen LogP) is 3.59. The van der Waals surface area contributed by atoms with Crippen LogP contribution in [-0.2, 0) is 13.0 Å². The molecule has 0 fully saturated rings. The van der Waals surface area contributed by atoms with Gasteiger partial charge in [-0.3, -0.25) is 0 Å². The van der Waals surface area contributed by atoms with Gasteiger partial charge in [-0.2, -0.15) is 0 Å². The maximum Gasteiger partial charge on any atom is 0.191 e. The van der Waals surface area contributed by atoms with Crippen molar-refractivity contribution in [3.05, 3.63) is 59.2 Å². The van der Waals surface area contributed by atoms with Crippen LogP contribution in [0.15, 0.2) is 41.4 Å². The number of nitrogens with one attached hydrogen (secondary N) is 2. The van der Waals surface area contributed by atoms with E-state index in [2.05, 4.69) is 15.6 Å². The molecule has 0 bridgehead atoms. The second-order valence-corrected chi connectivity index (χ2v) is 5.61. The van der Waals surface area contributed by atoms with E-state index in [-0.39, 0.29) is 41.8 Å². The molecule has 8 heteroatoms. The molecule has 2 aromatic rings. The first kappa shape index (κ1) is 22.9. The summed E-state index contributed by atoms with van der Waals surface area (Å²) >= 11 is 0. The van der Waals surface area contributed by atoms with E-state index in [1.165, 1.54) is 7.11 Å². The van der Waals surface area contributed by atoms with Crippen LogP contribution in [0.25, 0.3) is 0 Å². The van der Waals surface area contributed by atoms with Crippen LogP contribution in [0.4, 0.5) is 8.78 Å². The highest BCUT2D eigenvalue weighted by Gasteiger charge is 2.05. The van der Waals surface area contributed by atoms with E-state index >= 15 is 0 Å². The average molecular weight is 491 g/mol. The highest BCUT2D eigenvalue weighted by Crippen LogP contribution is 2.26. The van der Waals surface area contributed by atoms with E-state index in [9.17, 15) is 13.9 Å². The molecule has 0 saturated carbocycles. The van der Waals surface area contributed by atoms with E-state index in [0.717, 1.165) is 23.8 Å². The molecule has 2 aromatic carbocycles. The maximum absolute atomic E-state index is 13.7. The molecule has 0 atom stereocenters. The number of benzene rings is 2. The number of aliphatic imine (C=N–C) groups is 1. The third-order valence-corrected chi connectivity index (χ3v) is 3.71. The second-order valence-electron chi connectivity index (χ2n) is 5.61. The number of phenols is 1. The number of ether oxygens (including phenoxy) is 1. The van der Waals surface area contributed by atoms with Gasteiger partial charge in [-0.1, -0.05) is 6.07 Å². The quantitative estimate of drug-likeness (QED) is 0.315. The Kier molecular flexibility index (Phi) is 9.84. The Hall–Kier alpha value is -2.10. The van der Waals surface area contributed by atoms with Crippen molar-refractivity contribution in [3.63, 3.8) is 0 Å². The SMILES string of the molecule is CCNC(=NCc1cc(F)ccc1F)NCCc1ccc(O)c(OC)c1.I. The van der Waals surface area contributed by atoms with Crippen molar-refractivity contribution in [3.8, 4) is 11.5 Å². The highest BCUT2D eigenvalue weighted by molar-refractivity contribution is 14.0. The summed E-state index contributed by atoms with van der Waals surface area (Å²) < 4.78 is 32.0. The van der Waals surface area contributed by atoms with Crippen LogP contribution in [0.3, 0.4) is 0 Å². The van der Waals surface area contributed by atoms with Gasteiger partial charge in [-0.15, -0.1) is 24.0 Å². The van der Waals surface area contributed by atoms with Gasteiger partial charge < -0.3 is 20.5 Å². The summed E-state index contributed by atoms with van der Waals surface area (Å²) in [4.78, 5) is 4.29. The lowest BCUT2D eigenvalue weighted by Crippen LogP contribution is -2.38. The smallest absolute Gasteiger partial charge is 0.191 e. The van der Waals surface area contributed by atoms with Crippen LogP contribution in [0.1, 0.15) is 18.1 Å². The Bertz CT molecular complexity index is 773. The van der Waals surface area contributed by atoms with Gasteiger partial charge in [-0.05, 0) is 49.2 Å². The third-order valence-electron chi connectivity index (χ3n) is 3.71. The average Bonchev–Trinajstić information content (AvgIpc) is 2.63. The molecule has 2 rings (SSSR count). The number of hydrogen-bond donors (Lipinski definition) is 3. The molecule has 5 nitrogen and oxygen atoms in total. The molecule has 0 aromatic heterocycles. The highest BCUT2D eigenvalue weighted by atomic mass is 127. The third kappa shape index (κ3) is 7.20. The zero-order chi connectivity index (χ0) is 18.9. The van der Waals surface area contributed by atoms with Gasteiger partial charge in [0, 0.05) is 18.7 Å². The van der Waals surface area contributed by atoms with Gasteiger partial charge in [0.2, 0.25) is 0 Å². The summed E-state index contributed by atoms with van der Waals surface area (Å²) in [5.41, 5.74) is 1.18. The zero-order valence-electron chi connectivity index (χ0n) is 15.3. The Morgan fingerprint density at radius 2 is 1.93 bits per heavy atom. The Labute approximate surface area is 174 Å². The molecule has 0 saturated heterocycles. The van der Waals surface area contributed by atoms with E-state index < -0.39 is 11.6 Å². The summed E-state index contributed by atoms with van der Waals surface area (Å²) in [6, 6.07) is 8.48. The van der Waals surface area contributed by atoms with Crippen LogP contribution in [0.2, 0.25) is 0 Å². The number of guanidine groups is 1. The van der Waals surface area contributed by atoms with Crippen LogP contribution >= 0.6 is 24.0 Å². The van der Waals surface area contributed by atoms with E-state index in [1.54, 1.807) is 12.1 Å². The van der Waals surface area contributed by atoms with Crippen molar-refractivity contribution in [2.24, 2.45) is 4.99 Å². The first-order valence-corrected chi connectivity index (χ1v) is 8.35. The molecule has 0 spiro atoms. The zero-order valence-corrected chi connectivity index (χ0v) is 17.6. The van der Waals surface area contributed by atoms with Crippen LogP contribution in [-0.4, -0.2) is 31.3 Å². The van der Waals surface area contributed by atoms with Crippen LogP contribution < -0.4 is 15.4 Å². The van der Waals surface area contributed by atoms with E-state index in [4.69, 9.17) is 4.74 Å². The number of phenolic OH excluding ortho intramolecular Hbond substituents is 1. The molecule has 0 aliphatic rings. The molecule has 3 N–H and O–H groups in total. The summed E-state index contributed by atoms with van der Waals surface area (Å²) in [6.45, 7) is 3.17. The Morgan fingerprint density at radius 1 is 1.15 bits per heavy atom. The summed E-state index contributed by atoms with van der Waals surface area (Å²) in [5, 5.41) is 15.8. The first-order valence-electron chi connectivity index (χ1n) is 8.35. The molecule has 0 amide bonds. The van der Waals surface area contributed by atoms with E-state index in [1.807, 2.05) is 13.0 Å². The summed E-state index contributed by atoms with van der Waals surface area (Å²) in [6.07, 6.45) is 0.676. The van der Waals surface area contributed by atoms with Crippen molar-refractivity contribution < 1.29 is 18.6 Å². The predicted molar refractivity (Wildman–Crippen MR) is 113 cm³/mol. The largest absolute Gasteiger partial charge is 0.504 e. The number of halogens is 3. The van der Waals surface area contributed by atoms with Gasteiger partial charge in [0.05, 0.1) is 13.7 Å². The molecular weight excluding hydrogens is 467 g/mol. The van der Waals surface area contributed by atoms with Crippen molar-refractivity contribution in [1.82, 2.24) is 10.6 Å². The lowest BCUT2D eigenvalue weighted by Gasteiger charge is -2.12. The van der Waals surface area contributed by atoms with Crippen LogP contribution in [0.5, 0.6) is 11.5 Å². The molecule has 148 valence electrons. The molecule has 0 unspecified atom stereocenters. The van der Waals surface area contributed by atoms with Crippen molar-refractivity contribution in [2.45, 2.75) is 19.9 Å². The fourth-order valence-corrected chi connectivity index (χ4v) is 2.37.